The summed E-state index contributed by atoms with van der Waals surface area (Å²) in [4.78, 5) is 29.0. The van der Waals surface area contributed by atoms with Crippen LogP contribution in [0.2, 0.25) is 0 Å². The number of aliphatic carboxylic acids is 1. The van der Waals surface area contributed by atoms with E-state index in [9.17, 15) is 9.59 Å². The predicted molar refractivity (Wildman–Crippen MR) is 95.2 cm³/mol. The Morgan fingerprint density at radius 2 is 2.04 bits per heavy atom. The number of fused-ring (bicyclic) bond motifs is 1. The highest BCUT2D eigenvalue weighted by Crippen LogP contribution is 2.22. The fourth-order valence-electron chi connectivity index (χ4n) is 2.78. The number of hydrogen-bond donors (Lipinski definition) is 1. The molecule has 0 atom stereocenters. The monoisotopic (exact) mass is 353 g/mol. The molecular weight excluding hydrogens is 334 g/mol. The summed E-state index contributed by atoms with van der Waals surface area (Å²) in [7, 11) is 1.63. The van der Waals surface area contributed by atoms with E-state index in [1.165, 1.54) is 4.90 Å². The van der Waals surface area contributed by atoms with Crippen molar-refractivity contribution in [3.8, 4) is 5.69 Å². The third kappa shape index (κ3) is 3.39. The molecule has 0 saturated heterocycles. The van der Waals surface area contributed by atoms with Gasteiger partial charge in [-0.2, -0.15) is 0 Å². The Balaban J connectivity index is 1.88. The third-order valence-electron chi connectivity index (χ3n) is 4.18. The highest BCUT2D eigenvalue weighted by molar-refractivity contribution is 5.93. The molecule has 0 spiro atoms. The molecule has 8 nitrogen and oxygen atoms in total. The van der Waals surface area contributed by atoms with Crippen LogP contribution in [-0.4, -0.2) is 55.5 Å². The second-order valence-electron chi connectivity index (χ2n) is 6.01. The largest absolute Gasteiger partial charge is 0.481 e. The van der Waals surface area contributed by atoms with Gasteiger partial charge in [0.1, 0.15) is 0 Å². The van der Waals surface area contributed by atoms with Gasteiger partial charge in [-0.05, 0) is 37.6 Å². The van der Waals surface area contributed by atoms with Gasteiger partial charge in [-0.3, -0.25) is 14.6 Å². The maximum Gasteiger partial charge on any atom is 0.303 e. The molecular formula is C18H19N5O3. The molecule has 1 amide bonds. The van der Waals surface area contributed by atoms with E-state index in [1.54, 1.807) is 24.9 Å². The van der Waals surface area contributed by atoms with Gasteiger partial charge in [0.05, 0.1) is 16.9 Å². The van der Waals surface area contributed by atoms with Gasteiger partial charge in [0, 0.05) is 31.6 Å². The molecule has 3 aromatic rings. The van der Waals surface area contributed by atoms with Crippen LogP contribution in [0.3, 0.4) is 0 Å². The van der Waals surface area contributed by atoms with E-state index in [0.717, 1.165) is 16.6 Å². The molecule has 26 heavy (non-hydrogen) atoms. The van der Waals surface area contributed by atoms with Crippen LogP contribution < -0.4 is 0 Å². The lowest BCUT2D eigenvalue weighted by atomic mass is 10.1. The fraction of sp³-hybridized carbons (Fsp3) is 0.278. The molecule has 2 heterocycles. The number of benzene rings is 1. The molecule has 0 aliphatic rings. The number of carboxylic acid groups (broad SMARTS) is 1. The Hall–Kier alpha value is -3.29. The van der Waals surface area contributed by atoms with E-state index in [0.29, 0.717) is 18.7 Å². The summed E-state index contributed by atoms with van der Waals surface area (Å²) in [6.45, 7) is 2.13. The molecule has 8 heteroatoms. The molecule has 2 aromatic heterocycles. The summed E-state index contributed by atoms with van der Waals surface area (Å²) in [5.41, 5.74) is 2.51. The Morgan fingerprint density at radius 3 is 2.81 bits per heavy atom. The van der Waals surface area contributed by atoms with Crippen molar-refractivity contribution in [1.29, 1.82) is 0 Å². The van der Waals surface area contributed by atoms with E-state index in [-0.39, 0.29) is 18.0 Å². The number of hydrogen-bond acceptors (Lipinski definition) is 5. The van der Waals surface area contributed by atoms with Crippen molar-refractivity contribution in [2.24, 2.45) is 0 Å². The standard InChI is InChI=1S/C18H19N5O3/c1-12-17(18(26)22(2)11-5-9-16(24)25)20-21-23(12)15-8-3-7-14-13(15)6-4-10-19-14/h3-4,6-8,10H,5,9,11H2,1-2H3,(H,24,25). The van der Waals surface area contributed by atoms with Gasteiger partial charge in [0.25, 0.3) is 5.91 Å². The van der Waals surface area contributed by atoms with E-state index in [1.807, 2.05) is 30.3 Å². The molecule has 0 fully saturated rings. The van der Waals surface area contributed by atoms with Crippen molar-refractivity contribution in [2.45, 2.75) is 19.8 Å². The zero-order valence-corrected chi connectivity index (χ0v) is 14.6. The predicted octanol–water partition coefficient (Wildman–Crippen LogP) is 2.06. The summed E-state index contributed by atoms with van der Waals surface area (Å²) in [6.07, 6.45) is 2.13. The number of carbonyl (C=O) groups is 2. The van der Waals surface area contributed by atoms with Crippen LogP contribution in [0.15, 0.2) is 36.5 Å². The van der Waals surface area contributed by atoms with Crippen LogP contribution >= 0.6 is 0 Å². The summed E-state index contributed by atoms with van der Waals surface area (Å²) in [5, 5.41) is 17.8. The minimum atomic E-state index is -0.877. The van der Waals surface area contributed by atoms with Gasteiger partial charge in [-0.25, -0.2) is 4.68 Å². The highest BCUT2D eigenvalue weighted by atomic mass is 16.4. The van der Waals surface area contributed by atoms with Crippen LogP contribution in [0.5, 0.6) is 0 Å². The van der Waals surface area contributed by atoms with Crippen LogP contribution in [0.4, 0.5) is 0 Å². The van der Waals surface area contributed by atoms with Crippen LogP contribution in [0.1, 0.15) is 29.0 Å². The molecule has 0 radical (unpaired) electrons. The molecule has 0 aliphatic heterocycles. The molecule has 1 aromatic carbocycles. The average Bonchev–Trinajstić information content (AvgIpc) is 3.01. The third-order valence-corrected chi connectivity index (χ3v) is 4.18. The SMILES string of the molecule is Cc1c(C(=O)N(C)CCCC(=O)O)nnn1-c1cccc2ncccc12. The van der Waals surface area contributed by atoms with Gasteiger partial charge < -0.3 is 10.0 Å². The summed E-state index contributed by atoms with van der Waals surface area (Å²) in [6, 6.07) is 9.48. The van der Waals surface area contributed by atoms with Gasteiger partial charge in [-0.1, -0.05) is 11.3 Å². The Bertz CT molecular complexity index is 961. The quantitative estimate of drug-likeness (QED) is 0.728. The van der Waals surface area contributed by atoms with E-state index >= 15 is 0 Å². The van der Waals surface area contributed by atoms with Crippen molar-refractivity contribution in [3.63, 3.8) is 0 Å². The van der Waals surface area contributed by atoms with Gasteiger partial charge in [0.15, 0.2) is 5.69 Å². The highest BCUT2D eigenvalue weighted by Gasteiger charge is 2.21. The number of amides is 1. The number of pyridine rings is 1. The van der Waals surface area contributed by atoms with Crippen molar-refractivity contribution >= 4 is 22.8 Å². The van der Waals surface area contributed by atoms with Crippen molar-refractivity contribution in [1.82, 2.24) is 24.9 Å². The number of aromatic nitrogens is 4. The van der Waals surface area contributed by atoms with Crippen molar-refractivity contribution in [3.05, 3.63) is 47.9 Å². The van der Waals surface area contributed by atoms with Gasteiger partial charge in [-0.15, -0.1) is 5.10 Å². The van der Waals surface area contributed by atoms with Gasteiger partial charge >= 0.3 is 5.97 Å². The smallest absolute Gasteiger partial charge is 0.303 e. The maximum atomic E-state index is 12.6. The molecule has 0 unspecified atom stereocenters. The van der Waals surface area contributed by atoms with Crippen molar-refractivity contribution in [2.75, 3.05) is 13.6 Å². The van der Waals surface area contributed by atoms with E-state index in [2.05, 4.69) is 15.3 Å². The molecule has 1 N–H and O–H groups in total. The first-order valence-corrected chi connectivity index (χ1v) is 8.22. The maximum absolute atomic E-state index is 12.6. The lowest BCUT2D eigenvalue weighted by molar-refractivity contribution is -0.137. The van der Waals surface area contributed by atoms with Crippen LogP contribution in [0.25, 0.3) is 16.6 Å². The minimum absolute atomic E-state index is 0.0201. The Labute approximate surface area is 150 Å². The molecule has 0 aliphatic carbocycles. The lowest BCUT2D eigenvalue weighted by Gasteiger charge is -2.15. The zero-order chi connectivity index (χ0) is 18.7. The molecule has 0 saturated carbocycles. The molecule has 3 rings (SSSR count). The Morgan fingerprint density at radius 1 is 1.23 bits per heavy atom. The zero-order valence-electron chi connectivity index (χ0n) is 14.6. The minimum Gasteiger partial charge on any atom is -0.481 e. The number of carboxylic acids is 1. The van der Waals surface area contributed by atoms with Gasteiger partial charge in [0.2, 0.25) is 0 Å². The number of rotatable bonds is 6. The molecule has 134 valence electrons. The first kappa shape index (κ1) is 17.5. The molecule has 0 bridgehead atoms. The summed E-state index contributed by atoms with van der Waals surface area (Å²) >= 11 is 0. The fourth-order valence-corrected chi connectivity index (χ4v) is 2.78. The number of nitrogens with zero attached hydrogens (tertiary/aromatic N) is 5. The van der Waals surface area contributed by atoms with Crippen molar-refractivity contribution < 1.29 is 14.7 Å². The van der Waals surface area contributed by atoms with E-state index in [4.69, 9.17) is 5.11 Å². The number of carbonyl (C=O) groups excluding carboxylic acids is 1. The second kappa shape index (κ2) is 7.30. The topological polar surface area (TPSA) is 101 Å². The summed E-state index contributed by atoms with van der Waals surface area (Å²) in [5.74, 6) is -1.16. The van der Waals surface area contributed by atoms with E-state index < -0.39 is 5.97 Å². The normalized spacial score (nSPS) is 10.8. The first-order valence-electron chi connectivity index (χ1n) is 8.22. The lowest BCUT2D eigenvalue weighted by Crippen LogP contribution is -2.29. The second-order valence-corrected chi connectivity index (χ2v) is 6.01. The average molecular weight is 353 g/mol. The first-order chi connectivity index (χ1) is 12.5. The summed E-state index contributed by atoms with van der Waals surface area (Å²) < 4.78 is 1.63. The Kier molecular flexibility index (Phi) is 4.92. The van der Waals surface area contributed by atoms with Crippen LogP contribution in [0, 0.1) is 6.92 Å². The van der Waals surface area contributed by atoms with Crippen LogP contribution in [-0.2, 0) is 4.79 Å².